The van der Waals surface area contributed by atoms with Gasteiger partial charge in [0.25, 0.3) is 10.0 Å². The largest absolute Gasteiger partial charge is 0.497 e. The highest BCUT2D eigenvalue weighted by atomic mass is 32.2. The second-order valence-corrected chi connectivity index (χ2v) is 14.3. The van der Waals surface area contributed by atoms with Gasteiger partial charge < -0.3 is 19.7 Å². The van der Waals surface area contributed by atoms with Crippen molar-refractivity contribution < 1.29 is 27.5 Å². The molecule has 0 spiro atoms. The monoisotopic (exact) mass is 683 g/mol. The van der Waals surface area contributed by atoms with Crippen LogP contribution in [0.25, 0.3) is 0 Å². The molecule has 5 rings (SSSR count). The molecule has 1 aliphatic rings. The summed E-state index contributed by atoms with van der Waals surface area (Å²) in [6.07, 6.45) is 5.20. The third-order valence-electron chi connectivity index (χ3n) is 8.95. The molecular weight excluding hydrogens is 639 g/mol. The molecule has 2 amide bonds. The van der Waals surface area contributed by atoms with E-state index in [1.165, 1.54) is 24.1 Å². The summed E-state index contributed by atoms with van der Waals surface area (Å²) in [5.41, 5.74) is 2.73. The number of hydrogen-bond acceptors (Lipinski definition) is 6. The third-order valence-corrected chi connectivity index (χ3v) is 10.7. The number of para-hydroxylation sites is 2. The van der Waals surface area contributed by atoms with Crippen molar-refractivity contribution in [3.8, 4) is 11.5 Å². The third kappa shape index (κ3) is 9.00. The highest BCUT2D eigenvalue weighted by molar-refractivity contribution is 7.92. The number of carbonyl (C=O) groups excluding carboxylic acids is 2. The van der Waals surface area contributed by atoms with Crippen LogP contribution in [0, 0.1) is 6.92 Å². The van der Waals surface area contributed by atoms with E-state index in [4.69, 9.17) is 9.47 Å². The van der Waals surface area contributed by atoms with E-state index in [0.717, 1.165) is 53.1 Å². The second-order valence-electron chi connectivity index (χ2n) is 12.4. The molecular formula is C39H45N3O6S. The first-order valence-corrected chi connectivity index (χ1v) is 18.1. The molecule has 0 unspecified atom stereocenters. The molecule has 1 N–H and O–H groups in total. The highest BCUT2D eigenvalue weighted by Gasteiger charge is 2.36. The van der Waals surface area contributed by atoms with Crippen molar-refractivity contribution in [1.82, 2.24) is 10.2 Å². The topological polar surface area (TPSA) is 105 Å². The Kier molecular flexibility index (Phi) is 12.0. The lowest BCUT2D eigenvalue weighted by atomic mass is 9.94. The summed E-state index contributed by atoms with van der Waals surface area (Å²) >= 11 is 0. The molecule has 1 atom stereocenters. The van der Waals surface area contributed by atoms with E-state index in [1.807, 2.05) is 61.5 Å². The maximum Gasteiger partial charge on any atom is 0.264 e. The van der Waals surface area contributed by atoms with E-state index in [9.17, 15) is 18.0 Å². The number of sulfonamides is 1. The first kappa shape index (κ1) is 35.5. The normalized spacial score (nSPS) is 14.0. The summed E-state index contributed by atoms with van der Waals surface area (Å²) in [6.45, 7) is 1.36. The van der Waals surface area contributed by atoms with Crippen molar-refractivity contribution in [2.24, 2.45) is 0 Å². The standard InChI is InChI=1S/C39H45N3O6S/c1-29-21-23-34(24-22-29)49(45,46)42(35-19-10-11-20-37(35)48-3)28-38(43)41(27-31-15-12-18-33(25-31)47-2)36(26-30-13-6-4-7-14-30)39(44)40-32-16-8-5-9-17-32/h4,6-7,10-15,18-25,32,36H,5,8-9,16-17,26-28H2,1-3H3,(H,40,44)/t36-/m0/s1. The van der Waals surface area contributed by atoms with Gasteiger partial charge >= 0.3 is 0 Å². The average Bonchev–Trinajstić information content (AvgIpc) is 3.13. The Bertz CT molecular complexity index is 1810. The van der Waals surface area contributed by atoms with Crippen LogP contribution >= 0.6 is 0 Å². The zero-order chi connectivity index (χ0) is 34.8. The van der Waals surface area contributed by atoms with Gasteiger partial charge in [0.1, 0.15) is 24.1 Å². The van der Waals surface area contributed by atoms with Gasteiger partial charge in [-0.05, 0) is 67.3 Å². The van der Waals surface area contributed by atoms with E-state index in [-0.39, 0.29) is 35.5 Å². The number of rotatable bonds is 14. The molecule has 1 fully saturated rings. The molecule has 1 aliphatic carbocycles. The fourth-order valence-electron chi connectivity index (χ4n) is 6.25. The van der Waals surface area contributed by atoms with Gasteiger partial charge in [0.05, 0.1) is 24.8 Å². The lowest BCUT2D eigenvalue weighted by Gasteiger charge is -2.35. The molecule has 9 nitrogen and oxygen atoms in total. The molecule has 1 saturated carbocycles. The van der Waals surface area contributed by atoms with Gasteiger partial charge in [-0.25, -0.2) is 8.42 Å². The summed E-state index contributed by atoms with van der Waals surface area (Å²) < 4.78 is 40.9. The molecule has 4 aromatic carbocycles. The maximum atomic E-state index is 14.8. The van der Waals surface area contributed by atoms with Gasteiger partial charge in [-0.3, -0.25) is 13.9 Å². The number of nitrogens with one attached hydrogen (secondary N) is 1. The van der Waals surface area contributed by atoms with Crippen LogP contribution in [0.4, 0.5) is 5.69 Å². The number of hydrogen-bond donors (Lipinski definition) is 1. The first-order chi connectivity index (χ1) is 23.7. The van der Waals surface area contributed by atoms with Crippen LogP contribution in [-0.2, 0) is 32.6 Å². The van der Waals surface area contributed by atoms with Crippen molar-refractivity contribution >= 4 is 27.5 Å². The number of aryl methyl sites for hydroxylation is 1. The Balaban J connectivity index is 1.59. The number of methoxy groups -OCH3 is 2. The van der Waals surface area contributed by atoms with E-state index >= 15 is 0 Å². The molecule has 0 radical (unpaired) electrons. The minimum Gasteiger partial charge on any atom is -0.497 e. The fraction of sp³-hybridized carbons (Fsp3) is 0.333. The molecule has 0 bridgehead atoms. The minimum absolute atomic E-state index is 0.0142. The molecule has 0 aliphatic heterocycles. The van der Waals surface area contributed by atoms with Crippen LogP contribution in [0.3, 0.4) is 0 Å². The molecule has 258 valence electrons. The van der Waals surface area contributed by atoms with Gasteiger partial charge in [0.15, 0.2) is 0 Å². The molecule has 4 aromatic rings. The molecule has 10 heteroatoms. The predicted molar refractivity (Wildman–Crippen MR) is 191 cm³/mol. The minimum atomic E-state index is -4.26. The van der Waals surface area contributed by atoms with Crippen LogP contribution < -0.4 is 19.1 Å². The summed E-state index contributed by atoms with van der Waals surface area (Å²) in [6, 6.07) is 29.2. The molecule has 0 saturated heterocycles. The lowest BCUT2D eigenvalue weighted by molar-refractivity contribution is -0.140. The Hall–Kier alpha value is -4.83. The number of carbonyl (C=O) groups is 2. The Morgan fingerprint density at radius 1 is 0.816 bits per heavy atom. The Labute approximate surface area is 289 Å². The number of anilines is 1. The van der Waals surface area contributed by atoms with Crippen LogP contribution in [0.1, 0.15) is 48.8 Å². The van der Waals surface area contributed by atoms with Crippen molar-refractivity contribution in [3.05, 3.63) is 120 Å². The smallest absolute Gasteiger partial charge is 0.264 e. The fourth-order valence-corrected chi connectivity index (χ4v) is 7.68. The number of nitrogens with zero attached hydrogens (tertiary/aromatic N) is 2. The molecule has 49 heavy (non-hydrogen) atoms. The van der Waals surface area contributed by atoms with E-state index in [1.54, 1.807) is 43.5 Å². The van der Waals surface area contributed by atoms with Crippen LogP contribution in [-0.4, -0.2) is 58.0 Å². The number of ether oxygens (including phenoxy) is 2. The Morgan fingerprint density at radius 2 is 1.49 bits per heavy atom. The molecule has 0 aromatic heterocycles. The summed E-state index contributed by atoms with van der Waals surface area (Å²) in [5, 5.41) is 3.24. The molecule has 0 heterocycles. The van der Waals surface area contributed by atoms with E-state index in [2.05, 4.69) is 5.32 Å². The second kappa shape index (κ2) is 16.5. The van der Waals surface area contributed by atoms with Gasteiger partial charge in [-0.1, -0.05) is 91.6 Å². The predicted octanol–water partition coefficient (Wildman–Crippen LogP) is 6.30. The van der Waals surface area contributed by atoms with E-state index < -0.39 is 28.5 Å². The van der Waals surface area contributed by atoms with E-state index in [0.29, 0.717) is 11.5 Å². The van der Waals surface area contributed by atoms with Gasteiger partial charge in [0, 0.05) is 19.0 Å². The summed E-state index contributed by atoms with van der Waals surface area (Å²) in [5.74, 6) is 0.0938. The van der Waals surface area contributed by atoms with Crippen LogP contribution in [0.5, 0.6) is 11.5 Å². The number of benzene rings is 4. The van der Waals surface area contributed by atoms with Crippen LogP contribution in [0.15, 0.2) is 108 Å². The highest BCUT2D eigenvalue weighted by Crippen LogP contribution is 2.33. The van der Waals surface area contributed by atoms with Crippen molar-refractivity contribution in [2.75, 3.05) is 25.1 Å². The SMILES string of the molecule is COc1cccc(CN(C(=O)CN(c2ccccc2OC)S(=O)(=O)c2ccc(C)cc2)[C@@H](Cc2ccccc2)C(=O)NC2CCCCC2)c1. The van der Waals surface area contributed by atoms with Gasteiger partial charge in [-0.2, -0.15) is 0 Å². The van der Waals surface area contributed by atoms with Crippen LogP contribution in [0.2, 0.25) is 0 Å². The van der Waals surface area contributed by atoms with Gasteiger partial charge in [0.2, 0.25) is 11.8 Å². The summed E-state index contributed by atoms with van der Waals surface area (Å²) in [7, 11) is -1.23. The van der Waals surface area contributed by atoms with Crippen molar-refractivity contribution in [3.63, 3.8) is 0 Å². The van der Waals surface area contributed by atoms with Crippen molar-refractivity contribution in [2.45, 2.75) is 69.0 Å². The maximum absolute atomic E-state index is 14.8. The average molecular weight is 684 g/mol. The zero-order valence-electron chi connectivity index (χ0n) is 28.4. The first-order valence-electron chi connectivity index (χ1n) is 16.7. The van der Waals surface area contributed by atoms with Gasteiger partial charge in [-0.15, -0.1) is 0 Å². The Morgan fingerprint density at radius 3 is 2.18 bits per heavy atom. The summed E-state index contributed by atoms with van der Waals surface area (Å²) in [4.78, 5) is 30.7. The van der Waals surface area contributed by atoms with Crippen molar-refractivity contribution in [1.29, 1.82) is 0 Å². The quantitative estimate of drug-likeness (QED) is 0.167. The lowest BCUT2D eigenvalue weighted by Crippen LogP contribution is -2.55. The number of amides is 2. The zero-order valence-corrected chi connectivity index (χ0v) is 29.2.